The van der Waals surface area contributed by atoms with Crippen molar-refractivity contribution >= 4 is 17.8 Å². The van der Waals surface area contributed by atoms with Gasteiger partial charge in [-0.15, -0.1) is 0 Å². The number of furan rings is 1. The molecule has 7 heteroatoms. The first-order valence-corrected chi connectivity index (χ1v) is 6.68. The Hall–Kier alpha value is -2.31. The fourth-order valence-corrected chi connectivity index (χ4v) is 1.85. The van der Waals surface area contributed by atoms with Crippen LogP contribution in [0.5, 0.6) is 0 Å². The molecule has 7 nitrogen and oxygen atoms in total. The van der Waals surface area contributed by atoms with Gasteiger partial charge in [-0.3, -0.25) is 0 Å². The standard InChI is InChI=1S/C13H20N6O/c1-4-19(5-2)13-17-11(14)16-12(18-13)15-8-10-7-6-9(3)20-10/h6-7H,4-5,8H2,1-3H3,(H3,14,15,16,17,18). The molecule has 20 heavy (non-hydrogen) atoms. The van der Waals surface area contributed by atoms with Crippen LogP contribution in [0.4, 0.5) is 17.8 Å². The number of nitrogen functional groups attached to an aromatic ring is 1. The number of nitrogens with zero attached hydrogens (tertiary/aromatic N) is 4. The Morgan fingerprint density at radius 2 is 1.95 bits per heavy atom. The minimum absolute atomic E-state index is 0.208. The molecule has 0 fully saturated rings. The normalized spacial score (nSPS) is 10.6. The van der Waals surface area contributed by atoms with Gasteiger partial charge in [0.25, 0.3) is 0 Å². The number of aryl methyl sites for hydroxylation is 1. The quantitative estimate of drug-likeness (QED) is 0.831. The fraction of sp³-hybridized carbons (Fsp3) is 0.462. The Morgan fingerprint density at radius 3 is 2.55 bits per heavy atom. The van der Waals surface area contributed by atoms with E-state index in [-0.39, 0.29) is 5.95 Å². The van der Waals surface area contributed by atoms with Gasteiger partial charge in [0.05, 0.1) is 6.54 Å². The van der Waals surface area contributed by atoms with E-state index in [1.165, 1.54) is 0 Å². The molecule has 0 amide bonds. The van der Waals surface area contributed by atoms with Crippen LogP contribution in [-0.4, -0.2) is 28.0 Å². The third-order valence-corrected chi connectivity index (χ3v) is 2.90. The molecule has 2 rings (SSSR count). The van der Waals surface area contributed by atoms with Gasteiger partial charge in [0.2, 0.25) is 17.8 Å². The van der Waals surface area contributed by atoms with Gasteiger partial charge in [-0.25, -0.2) is 0 Å². The molecule has 108 valence electrons. The molecule has 2 aromatic heterocycles. The molecule has 0 atom stereocenters. The van der Waals surface area contributed by atoms with Crippen LogP contribution in [0.25, 0.3) is 0 Å². The molecule has 0 saturated carbocycles. The molecule has 0 aliphatic rings. The summed E-state index contributed by atoms with van der Waals surface area (Å²) in [6.45, 7) is 8.13. The van der Waals surface area contributed by atoms with Gasteiger partial charge in [0.15, 0.2) is 0 Å². The summed E-state index contributed by atoms with van der Waals surface area (Å²) in [6, 6.07) is 3.83. The van der Waals surface area contributed by atoms with Crippen molar-refractivity contribution in [1.82, 2.24) is 15.0 Å². The molecular weight excluding hydrogens is 256 g/mol. The molecule has 2 heterocycles. The highest BCUT2D eigenvalue weighted by Gasteiger charge is 2.10. The van der Waals surface area contributed by atoms with E-state index in [2.05, 4.69) is 20.3 Å². The van der Waals surface area contributed by atoms with Crippen LogP contribution in [0.15, 0.2) is 16.5 Å². The van der Waals surface area contributed by atoms with Crippen LogP contribution in [0, 0.1) is 6.92 Å². The van der Waals surface area contributed by atoms with Crippen molar-refractivity contribution in [1.29, 1.82) is 0 Å². The van der Waals surface area contributed by atoms with Crippen LogP contribution < -0.4 is 16.0 Å². The summed E-state index contributed by atoms with van der Waals surface area (Å²) in [5.41, 5.74) is 5.73. The number of rotatable bonds is 6. The van der Waals surface area contributed by atoms with E-state index in [1.54, 1.807) is 0 Å². The van der Waals surface area contributed by atoms with Gasteiger partial charge in [0.1, 0.15) is 11.5 Å². The molecule has 0 bridgehead atoms. The topological polar surface area (TPSA) is 93.1 Å². The zero-order chi connectivity index (χ0) is 14.5. The lowest BCUT2D eigenvalue weighted by Crippen LogP contribution is -2.25. The van der Waals surface area contributed by atoms with Crippen molar-refractivity contribution < 1.29 is 4.42 Å². The maximum atomic E-state index is 5.73. The monoisotopic (exact) mass is 276 g/mol. The minimum atomic E-state index is 0.208. The van der Waals surface area contributed by atoms with E-state index in [0.717, 1.165) is 24.6 Å². The third-order valence-electron chi connectivity index (χ3n) is 2.90. The molecule has 0 aromatic carbocycles. The lowest BCUT2D eigenvalue weighted by atomic mass is 10.4. The zero-order valence-electron chi connectivity index (χ0n) is 12.1. The average Bonchev–Trinajstić information content (AvgIpc) is 2.83. The third kappa shape index (κ3) is 3.37. The summed E-state index contributed by atoms with van der Waals surface area (Å²) in [6.07, 6.45) is 0. The molecule has 0 aliphatic carbocycles. The molecular formula is C13H20N6O. The highest BCUT2D eigenvalue weighted by molar-refractivity contribution is 5.41. The van der Waals surface area contributed by atoms with E-state index in [9.17, 15) is 0 Å². The van der Waals surface area contributed by atoms with E-state index >= 15 is 0 Å². The fourth-order valence-electron chi connectivity index (χ4n) is 1.85. The van der Waals surface area contributed by atoms with Crippen molar-refractivity contribution in [2.75, 3.05) is 29.0 Å². The summed E-state index contributed by atoms with van der Waals surface area (Å²) in [5, 5.41) is 3.10. The first-order valence-electron chi connectivity index (χ1n) is 6.68. The Morgan fingerprint density at radius 1 is 1.20 bits per heavy atom. The van der Waals surface area contributed by atoms with E-state index in [0.29, 0.717) is 18.4 Å². The van der Waals surface area contributed by atoms with Crippen molar-refractivity contribution in [3.05, 3.63) is 23.7 Å². The summed E-state index contributed by atoms with van der Waals surface area (Å²) in [7, 11) is 0. The van der Waals surface area contributed by atoms with Gasteiger partial charge in [-0.05, 0) is 32.9 Å². The highest BCUT2D eigenvalue weighted by Crippen LogP contribution is 2.13. The second-order valence-electron chi connectivity index (χ2n) is 4.36. The predicted octanol–water partition coefficient (Wildman–Crippen LogP) is 1.81. The summed E-state index contributed by atoms with van der Waals surface area (Å²) in [5.74, 6) is 2.95. The number of aromatic nitrogens is 3. The second kappa shape index (κ2) is 6.23. The molecule has 0 saturated heterocycles. The Bertz CT molecular complexity index is 564. The average molecular weight is 276 g/mol. The molecule has 0 aliphatic heterocycles. The minimum Gasteiger partial charge on any atom is -0.465 e. The number of hydrogen-bond acceptors (Lipinski definition) is 7. The lowest BCUT2D eigenvalue weighted by molar-refractivity contribution is 0.490. The highest BCUT2D eigenvalue weighted by atomic mass is 16.3. The predicted molar refractivity (Wildman–Crippen MR) is 78.6 cm³/mol. The van der Waals surface area contributed by atoms with Crippen LogP contribution >= 0.6 is 0 Å². The molecule has 0 spiro atoms. The Labute approximate surface area is 118 Å². The largest absolute Gasteiger partial charge is 0.465 e. The maximum absolute atomic E-state index is 5.73. The molecule has 0 unspecified atom stereocenters. The number of anilines is 3. The number of nitrogens with one attached hydrogen (secondary N) is 1. The Balaban J connectivity index is 2.11. The van der Waals surface area contributed by atoms with Gasteiger partial charge in [-0.1, -0.05) is 0 Å². The summed E-state index contributed by atoms with van der Waals surface area (Å²) in [4.78, 5) is 14.6. The number of hydrogen-bond donors (Lipinski definition) is 2. The van der Waals surface area contributed by atoms with Crippen molar-refractivity contribution in [2.45, 2.75) is 27.3 Å². The summed E-state index contributed by atoms with van der Waals surface area (Å²) >= 11 is 0. The SMILES string of the molecule is CCN(CC)c1nc(N)nc(NCc2ccc(C)o2)n1. The van der Waals surface area contributed by atoms with Gasteiger partial charge in [0, 0.05) is 13.1 Å². The lowest BCUT2D eigenvalue weighted by Gasteiger charge is -2.18. The Kier molecular flexibility index (Phi) is 4.39. The summed E-state index contributed by atoms with van der Waals surface area (Å²) < 4.78 is 5.48. The first kappa shape index (κ1) is 14.1. The maximum Gasteiger partial charge on any atom is 0.231 e. The first-order chi connectivity index (χ1) is 9.62. The zero-order valence-corrected chi connectivity index (χ0v) is 12.1. The smallest absolute Gasteiger partial charge is 0.231 e. The van der Waals surface area contributed by atoms with Crippen molar-refractivity contribution in [3.63, 3.8) is 0 Å². The van der Waals surface area contributed by atoms with Crippen LogP contribution in [0.3, 0.4) is 0 Å². The van der Waals surface area contributed by atoms with Gasteiger partial charge < -0.3 is 20.4 Å². The van der Waals surface area contributed by atoms with Crippen LogP contribution in [-0.2, 0) is 6.54 Å². The number of nitrogens with two attached hydrogens (primary N) is 1. The van der Waals surface area contributed by atoms with Gasteiger partial charge in [-0.2, -0.15) is 15.0 Å². The molecule has 3 N–H and O–H groups in total. The van der Waals surface area contributed by atoms with Crippen LogP contribution in [0.1, 0.15) is 25.4 Å². The van der Waals surface area contributed by atoms with Crippen molar-refractivity contribution in [3.8, 4) is 0 Å². The van der Waals surface area contributed by atoms with E-state index < -0.39 is 0 Å². The molecule has 0 radical (unpaired) electrons. The second-order valence-corrected chi connectivity index (χ2v) is 4.36. The van der Waals surface area contributed by atoms with E-state index in [4.69, 9.17) is 10.2 Å². The van der Waals surface area contributed by atoms with E-state index in [1.807, 2.05) is 37.8 Å². The van der Waals surface area contributed by atoms with Crippen LogP contribution in [0.2, 0.25) is 0 Å². The molecule has 2 aromatic rings. The van der Waals surface area contributed by atoms with Crippen molar-refractivity contribution in [2.24, 2.45) is 0 Å². The van der Waals surface area contributed by atoms with Gasteiger partial charge >= 0.3 is 0 Å².